The molecule has 8 heteroatoms. The topological polar surface area (TPSA) is 119 Å². The van der Waals surface area contributed by atoms with E-state index in [4.69, 9.17) is 15.6 Å². The first kappa shape index (κ1) is 17.4. The monoisotopic (exact) mass is 316 g/mol. The summed E-state index contributed by atoms with van der Waals surface area (Å²) >= 11 is 0. The Bertz CT molecular complexity index is 586. The minimum Gasteiger partial charge on any atom is -0.493 e. The third-order valence-corrected chi connectivity index (χ3v) is 4.09. The van der Waals surface area contributed by atoms with Gasteiger partial charge in [-0.1, -0.05) is 6.92 Å². The molecule has 7 nitrogen and oxygen atoms in total. The fourth-order valence-corrected chi connectivity index (χ4v) is 2.67. The highest BCUT2D eigenvalue weighted by atomic mass is 32.2. The summed E-state index contributed by atoms with van der Waals surface area (Å²) in [5, 5.41) is 9.16. The first-order valence-electron chi connectivity index (χ1n) is 6.62. The lowest BCUT2D eigenvalue weighted by Crippen LogP contribution is -2.26. The number of carboxylic acid groups (broad SMARTS) is 1. The van der Waals surface area contributed by atoms with Crippen molar-refractivity contribution in [2.75, 3.05) is 19.7 Å². The molecular formula is C13H20N2O5S. The van der Waals surface area contributed by atoms with Crippen LogP contribution in [0.25, 0.3) is 0 Å². The highest BCUT2D eigenvalue weighted by Crippen LogP contribution is 2.23. The molecule has 0 heterocycles. The van der Waals surface area contributed by atoms with Gasteiger partial charge < -0.3 is 15.6 Å². The van der Waals surface area contributed by atoms with Gasteiger partial charge in [0, 0.05) is 6.54 Å². The van der Waals surface area contributed by atoms with E-state index < -0.39 is 16.0 Å². The molecule has 0 aromatic heterocycles. The zero-order chi connectivity index (χ0) is 15.9. The molecule has 21 heavy (non-hydrogen) atoms. The van der Waals surface area contributed by atoms with Crippen molar-refractivity contribution < 1.29 is 23.1 Å². The number of hydrogen-bond acceptors (Lipinski definition) is 5. The van der Waals surface area contributed by atoms with E-state index in [0.717, 1.165) is 12.5 Å². The number of carbonyl (C=O) groups is 1. The Labute approximate surface area is 124 Å². The molecule has 1 aromatic carbocycles. The summed E-state index contributed by atoms with van der Waals surface area (Å²) in [6.07, 6.45) is 1.22. The lowest BCUT2D eigenvalue weighted by Gasteiger charge is -2.11. The van der Waals surface area contributed by atoms with E-state index in [1.807, 2.05) is 6.92 Å². The number of sulfonamides is 1. The Hall–Kier alpha value is -1.64. The average molecular weight is 316 g/mol. The van der Waals surface area contributed by atoms with Gasteiger partial charge in [-0.25, -0.2) is 17.9 Å². The van der Waals surface area contributed by atoms with Gasteiger partial charge in [0.1, 0.15) is 11.3 Å². The summed E-state index contributed by atoms with van der Waals surface area (Å²) in [5.41, 5.74) is 5.12. The van der Waals surface area contributed by atoms with Crippen LogP contribution in [0, 0.1) is 0 Å². The molecule has 0 aliphatic heterocycles. The first-order valence-corrected chi connectivity index (χ1v) is 8.10. The van der Waals surface area contributed by atoms with Crippen molar-refractivity contribution in [3.05, 3.63) is 23.8 Å². The second-order valence-corrected chi connectivity index (χ2v) is 6.12. The van der Waals surface area contributed by atoms with Crippen molar-refractivity contribution in [3.8, 4) is 5.75 Å². The highest BCUT2D eigenvalue weighted by molar-refractivity contribution is 7.89. The zero-order valence-corrected chi connectivity index (χ0v) is 12.6. The number of ether oxygens (including phenoxy) is 1. The largest absolute Gasteiger partial charge is 0.493 e. The molecule has 0 aliphatic carbocycles. The van der Waals surface area contributed by atoms with Crippen LogP contribution < -0.4 is 15.2 Å². The molecule has 0 atom stereocenters. The van der Waals surface area contributed by atoms with Gasteiger partial charge in [-0.05, 0) is 37.6 Å². The van der Waals surface area contributed by atoms with Gasteiger partial charge in [0.25, 0.3) is 0 Å². The normalized spacial score (nSPS) is 11.3. The van der Waals surface area contributed by atoms with Crippen LogP contribution in [0.4, 0.5) is 0 Å². The number of nitrogens with two attached hydrogens (primary N) is 1. The third-order valence-electron chi connectivity index (χ3n) is 2.63. The Morgan fingerprint density at radius 1 is 1.43 bits per heavy atom. The molecular weight excluding hydrogens is 296 g/mol. The van der Waals surface area contributed by atoms with Crippen LogP contribution in [0.5, 0.6) is 5.75 Å². The molecule has 0 bridgehead atoms. The molecule has 0 amide bonds. The number of hydrogen-bond donors (Lipinski definition) is 3. The predicted octanol–water partition coefficient (Wildman–Crippen LogP) is 0.801. The summed E-state index contributed by atoms with van der Waals surface area (Å²) < 4.78 is 31.7. The maximum atomic E-state index is 12.0. The SMILES string of the molecule is CCCOc1ccc(S(=O)(=O)NCCCN)cc1C(=O)O. The van der Waals surface area contributed by atoms with Crippen LogP contribution in [0.3, 0.4) is 0 Å². The predicted molar refractivity (Wildman–Crippen MR) is 78.0 cm³/mol. The van der Waals surface area contributed by atoms with Crippen LogP contribution in [-0.2, 0) is 10.0 Å². The maximum absolute atomic E-state index is 12.0. The van der Waals surface area contributed by atoms with Crippen LogP contribution >= 0.6 is 0 Å². The van der Waals surface area contributed by atoms with E-state index in [9.17, 15) is 13.2 Å². The Balaban J connectivity index is 3.04. The quantitative estimate of drug-likeness (QED) is 0.580. The van der Waals surface area contributed by atoms with E-state index in [1.165, 1.54) is 12.1 Å². The number of carboxylic acids is 1. The van der Waals surface area contributed by atoms with E-state index in [2.05, 4.69) is 4.72 Å². The third kappa shape index (κ3) is 5.00. The van der Waals surface area contributed by atoms with Gasteiger partial charge in [0.2, 0.25) is 10.0 Å². The molecule has 1 aromatic rings. The Morgan fingerprint density at radius 3 is 2.71 bits per heavy atom. The van der Waals surface area contributed by atoms with E-state index in [0.29, 0.717) is 19.6 Å². The molecule has 0 radical (unpaired) electrons. The Kier molecular flexibility index (Phi) is 6.60. The van der Waals surface area contributed by atoms with Gasteiger partial charge in [0.15, 0.2) is 0 Å². The van der Waals surface area contributed by atoms with Crippen molar-refractivity contribution in [1.29, 1.82) is 0 Å². The zero-order valence-electron chi connectivity index (χ0n) is 11.8. The minimum absolute atomic E-state index is 0.110. The molecule has 0 aliphatic rings. The second-order valence-electron chi connectivity index (χ2n) is 4.35. The molecule has 0 unspecified atom stereocenters. The average Bonchev–Trinajstić information content (AvgIpc) is 2.44. The first-order chi connectivity index (χ1) is 9.92. The standard InChI is InChI=1S/C13H20N2O5S/c1-2-8-20-12-5-4-10(9-11(12)13(16)17)21(18,19)15-7-3-6-14/h4-5,9,15H,2-3,6-8,14H2,1H3,(H,16,17). The van der Waals surface area contributed by atoms with Crippen LogP contribution in [0.1, 0.15) is 30.1 Å². The summed E-state index contributed by atoms with van der Waals surface area (Å²) in [4.78, 5) is 11.1. The van der Waals surface area contributed by atoms with Gasteiger partial charge >= 0.3 is 5.97 Å². The molecule has 0 saturated heterocycles. The summed E-state index contributed by atoms with van der Waals surface area (Å²) in [6, 6.07) is 3.77. The van der Waals surface area contributed by atoms with Crippen molar-refractivity contribution in [2.45, 2.75) is 24.7 Å². The maximum Gasteiger partial charge on any atom is 0.339 e. The van der Waals surface area contributed by atoms with Crippen molar-refractivity contribution in [1.82, 2.24) is 4.72 Å². The van der Waals surface area contributed by atoms with E-state index >= 15 is 0 Å². The molecule has 1 rings (SSSR count). The summed E-state index contributed by atoms with van der Waals surface area (Å²) in [5.74, 6) is -1.08. The lowest BCUT2D eigenvalue weighted by molar-refractivity contribution is 0.0692. The van der Waals surface area contributed by atoms with E-state index in [-0.39, 0.29) is 22.8 Å². The summed E-state index contributed by atoms with van der Waals surface area (Å²) in [7, 11) is -3.75. The number of benzene rings is 1. The Morgan fingerprint density at radius 2 is 2.14 bits per heavy atom. The van der Waals surface area contributed by atoms with Gasteiger partial charge in [0.05, 0.1) is 11.5 Å². The summed E-state index contributed by atoms with van der Waals surface area (Å²) in [6.45, 7) is 2.82. The van der Waals surface area contributed by atoms with Crippen LogP contribution in [-0.4, -0.2) is 39.2 Å². The van der Waals surface area contributed by atoms with Crippen molar-refractivity contribution >= 4 is 16.0 Å². The van der Waals surface area contributed by atoms with Crippen molar-refractivity contribution in [3.63, 3.8) is 0 Å². The van der Waals surface area contributed by atoms with Gasteiger partial charge in [-0.15, -0.1) is 0 Å². The molecule has 0 spiro atoms. The van der Waals surface area contributed by atoms with Crippen LogP contribution in [0.2, 0.25) is 0 Å². The van der Waals surface area contributed by atoms with Crippen LogP contribution in [0.15, 0.2) is 23.1 Å². The van der Waals surface area contributed by atoms with Gasteiger partial charge in [-0.2, -0.15) is 0 Å². The van der Waals surface area contributed by atoms with Crippen molar-refractivity contribution in [2.24, 2.45) is 5.73 Å². The molecule has 0 saturated carbocycles. The number of aromatic carboxylic acids is 1. The smallest absolute Gasteiger partial charge is 0.339 e. The minimum atomic E-state index is -3.75. The molecule has 4 N–H and O–H groups in total. The fourth-order valence-electron chi connectivity index (χ4n) is 1.57. The molecule has 118 valence electrons. The van der Waals surface area contributed by atoms with E-state index in [1.54, 1.807) is 0 Å². The van der Waals surface area contributed by atoms with Gasteiger partial charge in [-0.3, -0.25) is 0 Å². The number of nitrogens with one attached hydrogen (secondary N) is 1. The highest BCUT2D eigenvalue weighted by Gasteiger charge is 2.19. The number of rotatable bonds is 9. The fraction of sp³-hybridized carbons (Fsp3) is 0.462. The lowest BCUT2D eigenvalue weighted by atomic mass is 10.2. The molecule has 0 fully saturated rings. The second kappa shape index (κ2) is 7.96.